The highest BCUT2D eigenvalue weighted by atomic mass is 35.5. The molecule has 1 heterocycles. The Balaban J connectivity index is 1.51. The summed E-state index contributed by atoms with van der Waals surface area (Å²) >= 11 is 6.08. The molecule has 2 nitrogen and oxygen atoms in total. The van der Waals surface area contributed by atoms with Crippen molar-refractivity contribution >= 4 is 17.5 Å². The van der Waals surface area contributed by atoms with Gasteiger partial charge in [-0.25, -0.2) is 4.39 Å². The molecular weight excluding hydrogens is 325 g/mol. The van der Waals surface area contributed by atoms with Crippen LogP contribution in [0.3, 0.4) is 0 Å². The van der Waals surface area contributed by atoms with E-state index in [1.54, 1.807) is 6.07 Å². The molecule has 1 fully saturated rings. The molecule has 0 radical (unpaired) electrons. The molecule has 1 atom stereocenters. The van der Waals surface area contributed by atoms with Crippen LogP contribution in [-0.4, -0.2) is 23.9 Å². The predicted octanol–water partition coefficient (Wildman–Crippen LogP) is 4.50. The van der Waals surface area contributed by atoms with Crippen molar-refractivity contribution in [3.8, 4) is 0 Å². The van der Waals surface area contributed by atoms with Crippen LogP contribution in [-0.2, 0) is 17.6 Å². The van der Waals surface area contributed by atoms with Crippen LogP contribution in [0.15, 0.2) is 48.5 Å². The summed E-state index contributed by atoms with van der Waals surface area (Å²) in [5.74, 6) is -0.183. The van der Waals surface area contributed by atoms with E-state index in [9.17, 15) is 9.18 Å². The Labute approximate surface area is 147 Å². The van der Waals surface area contributed by atoms with Crippen molar-refractivity contribution in [3.05, 3.63) is 70.5 Å². The van der Waals surface area contributed by atoms with Gasteiger partial charge in [0, 0.05) is 24.0 Å². The van der Waals surface area contributed by atoms with Crippen LogP contribution in [0.4, 0.5) is 4.39 Å². The van der Waals surface area contributed by atoms with E-state index in [1.165, 1.54) is 17.7 Å². The zero-order valence-corrected chi connectivity index (χ0v) is 14.3. The number of carbonyl (C=O) groups is 1. The lowest BCUT2D eigenvalue weighted by Crippen LogP contribution is -2.29. The van der Waals surface area contributed by atoms with Gasteiger partial charge in [-0.05, 0) is 48.9 Å². The molecule has 4 heteroatoms. The van der Waals surface area contributed by atoms with Gasteiger partial charge in [0.15, 0.2) is 0 Å². The van der Waals surface area contributed by atoms with Crippen molar-refractivity contribution in [2.24, 2.45) is 5.92 Å². The number of carbonyl (C=O) groups excluding carboxylic acids is 1. The van der Waals surface area contributed by atoms with Gasteiger partial charge < -0.3 is 4.90 Å². The Morgan fingerprint density at radius 3 is 2.71 bits per heavy atom. The van der Waals surface area contributed by atoms with E-state index in [0.29, 0.717) is 11.4 Å². The number of halogens is 2. The smallest absolute Gasteiger partial charge is 0.226 e. The second-order valence-electron chi connectivity index (χ2n) is 6.34. The summed E-state index contributed by atoms with van der Waals surface area (Å²) in [6.45, 7) is 1.60. The maximum atomic E-state index is 13.1. The highest BCUT2D eigenvalue weighted by molar-refractivity contribution is 6.31. The van der Waals surface area contributed by atoms with Crippen LogP contribution < -0.4 is 0 Å². The fourth-order valence-electron chi connectivity index (χ4n) is 3.29. The first-order chi connectivity index (χ1) is 11.6. The van der Waals surface area contributed by atoms with Gasteiger partial charge in [0.25, 0.3) is 0 Å². The number of likely N-dealkylation sites (tertiary alicyclic amines) is 1. The molecule has 0 saturated carbocycles. The summed E-state index contributed by atoms with van der Waals surface area (Å²) in [5.41, 5.74) is 2.15. The number of benzene rings is 2. The largest absolute Gasteiger partial charge is 0.342 e. The first kappa shape index (κ1) is 17.0. The van der Waals surface area contributed by atoms with Crippen molar-refractivity contribution in [1.82, 2.24) is 4.90 Å². The molecule has 2 aromatic rings. The number of amides is 1. The molecule has 126 valence electrons. The van der Waals surface area contributed by atoms with Crippen LogP contribution in [0.25, 0.3) is 0 Å². The second kappa shape index (κ2) is 7.80. The minimum atomic E-state index is -0.343. The van der Waals surface area contributed by atoms with E-state index in [2.05, 4.69) is 12.1 Å². The van der Waals surface area contributed by atoms with E-state index in [1.807, 2.05) is 23.1 Å². The summed E-state index contributed by atoms with van der Waals surface area (Å²) in [5, 5.41) is 0.408. The standard InChI is InChI=1S/C20H21ClFNO/c21-19-14-18(22)9-8-16(19)13-17-10-12-23(20(17)24)11-4-7-15-5-2-1-3-6-15/h1-3,5-6,8-9,14,17H,4,7,10-13H2. The molecule has 1 saturated heterocycles. The van der Waals surface area contributed by atoms with Gasteiger partial charge in [0.1, 0.15) is 5.82 Å². The Kier molecular flexibility index (Phi) is 5.52. The average Bonchev–Trinajstić information content (AvgIpc) is 2.92. The second-order valence-corrected chi connectivity index (χ2v) is 6.75. The first-order valence-corrected chi connectivity index (χ1v) is 8.78. The summed E-state index contributed by atoms with van der Waals surface area (Å²) in [6, 6.07) is 14.7. The van der Waals surface area contributed by atoms with Crippen molar-refractivity contribution in [2.75, 3.05) is 13.1 Å². The van der Waals surface area contributed by atoms with E-state index >= 15 is 0 Å². The van der Waals surface area contributed by atoms with E-state index in [-0.39, 0.29) is 17.6 Å². The van der Waals surface area contributed by atoms with Crippen LogP contribution in [0.5, 0.6) is 0 Å². The predicted molar refractivity (Wildman–Crippen MR) is 94.6 cm³/mol. The average molecular weight is 346 g/mol. The van der Waals surface area contributed by atoms with Gasteiger partial charge in [-0.3, -0.25) is 4.79 Å². The maximum absolute atomic E-state index is 13.1. The molecule has 1 aliphatic rings. The number of rotatable bonds is 6. The molecule has 1 amide bonds. The van der Waals surface area contributed by atoms with E-state index < -0.39 is 0 Å². The van der Waals surface area contributed by atoms with Gasteiger partial charge in [-0.15, -0.1) is 0 Å². The molecule has 24 heavy (non-hydrogen) atoms. The first-order valence-electron chi connectivity index (χ1n) is 8.40. The normalized spacial score (nSPS) is 17.5. The molecule has 0 bridgehead atoms. The van der Waals surface area contributed by atoms with Crippen molar-refractivity contribution < 1.29 is 9.18 Å². The monoisotopic (exact) mass is 345 g/mol. The number of aryl methyl sites for hydroxylation is 1. The van der Waals surface area contributed by atoms with Gasteiger partial charge in [0.05, 0.1) is 0 Å². The van der Waals surface area contributed by atoms with Crippen LogP contribution in [0.1, 0.15) is 24.0 Å². The Hall–Kier alpha value is -1.87. The Morgan fingerprint density at radius 2 is 1.96 bits per heavy atom. The molecule has 0 spiro atoms. The van der Waals surface area contributed by atoms with Crippen molar-refractivity contribution in [1.29, 1.82) is 0 Å². The van der Waals surface area contributed by atoms with Gasteiger partial charge in [-0.1, -0.05) is 48.0 Å². The third-order valence-corrected chi connectivity index (χ3v) is 4.98. The lowest BCUT2D eigenvalue weighted by atomic mass is 9.98. The van der Waals surface area contributed by atoms with E-state index in [4.69, 9.17) is 11.6 Å². The molecule has 0 N–H and O–H groups in total. The Bertz CT molecular complexity index is 704. The number of nitrogens with zero attached hydrogens (tertiary/aromatic N) is 1. The maximum Gasteiger partial charge on any atom is 0.226 e. The molecular formula is C20H21ClFNO. The summed E-state index contributed by atoms with van der Waals surface area (Å²) < 4.78 is 13.1. The third kappa shape index (κ3) is 4.15. The highest BCUT2D eigenvalue weighted by Crippen LogP contribution is 2.26. The molecule has 2 aromatic carbocycles. The van der Waals surface area contributed by atoms with Gasteiger partial charge >= 0.3 is 0 Å². The SMILES string of the molecule is O=C1C(Cc2ccc(F)cc2Cl)CCN1CCCc1ccccc1. The number of hydrogen-bond donors (Lipinski definition) is 0. The lowest BCUT2D eigenvalue weighted by Gasteiger charge is -2.17. The Morgan fingerprint density at radius 1 is 1.17 bits per heavy atom. The summed E-state index contributed by atoms with van der Waals surface area (Å²) in [6.07, 6.45) is 3.39. The zero-order valence-electron chi connectivity index (χ0n) is 13.6. The fourth-order valence-corrected chi connectivity index (χ4v) is 3.53. The lowest BCUT2D eigenvalue weighted by molar-refractivity contribution is -0.131. The van der Waals surface area contributed by atoms with E-state index in [0.717, 1.165) is 37.9 Å². The van der Waals surface area contributed by atoms with Crippen LogP contribution >= 0.6 is 11.6 Å². The fraction of sp³-hybridized carbons (Fsp3) is 0.350. The summed E-state index contributed by atoms with van der Waals surface area (Å²) in [7, 11) is 0. The van der Waals surface area contributed by atoms with Crippen LogP contribution in [0, 0.1) is 11.7 Å². The quantitative estimate of drug-likeness (QED) is 0.754. The van der Waals surface area contributed by atoms with Gasteiger partial charge in [-0.2, -0.15) is 0 Å². The zero-order chi connectivity index (χ0) is 16.9. The molecule has 1 unspecified atom stereocenters. The molecule has 1 aliphatic heterocycles. The van der Waals surface area contributed by atoms with Gasteiger partial charge in [0.2, 0.25) is 5.91 Å². The molecule has 0 aliphatic carbocycles. The molecule has 3 rings (SSSR count). The van der Waals surface area contributed by atoms with Crippen molar-refractivity contribution in [2.45, 2.75) is 25.7 Å². The van der Waals surface area contributed by atoms with Crippen molar-refractivity contribution in [3.63, 3.8) is 0 Å². The molecule has 0 aromatic heterocycles. The summed E-state index contributed by atoms with van der Waals surface area (Å²) in [4.78, 5) is 14.5. The highest BCUT2D eigenvalue weighted by Gasteiger charge is 2.31. The van der Waals surface area contributed by atoms with Crippen LogP contribution in [0.2, 0.25) is 5.02 Å². The minimum Gasteiger partial charge on any atom is -0.342 e. The minimum absolute atomic E-state index is 0.0373. The number of hydrogen-bond acceptors (Lipinski definition) is 1. The topological polar surface area (TPSA) is 20.3 Å². The third-order valence-electron chi connectivity index (χ3n) is 4.63.